The van der Waals surface area contributed by atoms with Crippen LogP contribution in [0.15, 0.2) is 16.6 Å². The summed E-state index contributed by atoms with van der Waals surface area (Å²) in [7, 11) is 0. The third kappa shape index (κ3) is 5.20. The molecule has 5 aliphatic rings. The molecule has 0 aliphatic heterocycles. The van der Waals surface area contributed by atoms with Crippen LogP contribution in [0.25, 0.3) is 0 Å². The minimum absolute atomic E-state index is 0.00751. The van der Waals surface area contributed by atoms with Gasteiger partial charge in [-0.25, -0.2) is 9.79 Å². The Kier molecular flexibility index (Phi) is 7.97. The average molecular weight is 618 g/mol. The van der Waals surface area contributed by atoms with E-state index < -0.39 is 11.4 Å². The summed E-state index contributed by atoms with van der Waals surface area (Å²) in [6.07, 6.45) is 12.0. The minimum Gasteiger partial charge on any atom is -0.461 e. The summed E-state index contributed by atoms with van der Waals surface area (Å²) in [5.74, 6) is 1.98. The topological polar surface area (TPSA) is 134 Å². The van der Waals surface area contributed by atoms with Crippen LogP contribution in [0.1, 0.15) is 106 Å². The largest absolute Gasteiger partial charge is 0.461 e. The first-order valence-corrected chi connectivity index (χ1v) is 17.0. The van der Waals surface area contributed by atoms with E-state index >= 15 is 0 Å². The van der Waals surface area contributed by atoms with Gasteiger partial charge in [0.15, 0.2) is 5.96 Å². The van der Waals surface area contributed by atoms with Crippen LogP contribution in [0, 0.1) is 54.8 Å². The van der Waals surface area contributed by atoms with Gasteiger partial charge in [-0.15, -0.1) is 0 Å². The van der Waals surface area contributed by atoms with Crippen LogP contribution in [-0.4, -0.2) is 36.3 Å². The SMILES string of the molecule is Cc1c(C)c(OC(=O)CN=C(N)N)c(C)c2c1CC(C)(C(=O)OC1CCC3C4CC=C5CC(=O)CCC5(C)C4CCC13C)CC2. The maximum absolute atomic E-state index is 14.1. The Morgan fingerprint density at radius 3 is 2.42 bits per heavy atom. The number of nitrogens with zero attached hydrogens (tertiary/aromatic N) is 1. The average Bonchev–Trinajstić information content (AvgIpc) is 3.33. The van der Waals surface area contributed by atoms with Gasteiger partial charge in [0.2, 0.25) is 0 Å². The molecule has 244 valence electrons. The predicted molar refractivity (Wildman–Crippen MR) is 174 cm³/mol. The van der Waals surface area contributed by atoms with Crippen molar-refractivity contribution in [2.24, 2.45) is 50.5 Å². The highest BCUT2D eigenvalue weighted by molar-refractivity contribution is 5.83. The molecule has 8 heteroatoms. The van der Waals surface area contributed by atoms with Gasteiger partial charge in [-0.3, -0.25) is 9.59 Å². The van der Waals surface area contributed by atoms with E-state index in [1.807, 2.05) is 20.8 Å². The minimum atomic E-state index is -0.613. The molecule has 7 unspecified atom stereocenters. The number of carbonyl (C=O) groups excluding carboxylic acids is 3. The Morgan fingerprint density at radius 2 is 1.69 bits per heavy atom. The van der Waals surface area contributed by atoms with E-state index in [-0.39, 0.29) is 35.4 Å². The van der Waals surface area contributed by atoms with Crippen LogP contribution < -0.4 is 16.2 Å². The van der Waals surface area contributed by atoms with Crippen LogP contribution in [0.5, 0.6) is 5.75 Å². The molecule has 0 spiro atoms. The second kappa shape index (κ2) is 11.3. The second-order valence-corrected chi connectivity index (χ2v) is 15.6. The molecule has 0 bridgehead atoms. The highest BCUT2D eigenvalue weighted by Crippen LogP contribution is 2.65. The van der Waals surface area contributed by atoms with Crippen molar-refractivity contribution in [3.8, 4) is 5.75 Å². The molecule has 0 saturated heterocycles. The van der Waals surface area contributed by atoms with Gasteiger partial charge in [-0.2, -0.15) is 0 Å². The molecule has 0 aromatic heterocycles. The number of carbonyl (C=O) groups is 3. The van der Waals surface area contributed by atoms with Gasteiger partial charge in [0, 0.05) is 18.3 Å². The van der Waals surface area contributed by atoms with Crippen molar-refractivity contribution in [3.05, 3.63) is 39.5 Å². The van der Waals surface area contributed by atoms with E-state index in [2.05, 4.69) is 31.8 Å². The predicted octanol–water partition coefficient (Wildman–Crippen LogP) is 5.73. The Labute approximate surface area is 267 Å². The Morgan fingerprint density at radius 1 is 0.933 bits per heavy atom. The van der Waals surface area contributed by atoms with Gasteiger partial charge in [0.05, 0.1) is 5.41 Å². The fourth-order valence-electron chi connectivity index (χ4n) is 10.2. The second-order valence-electron chi connectivity index (χ2n) is 15.6. The molecule has 3 fully saturated rings. The summed E-state index contributed by atoms with van der Waals surface area (Å²) in [6, 6.07) is 0. The summed E-state index contributed by atoms with van der Waals surface area (Å²) in [4.78, 5) is 42.6. The molecule has 0 heterocycles. The van der Waals surface area contributed by atoms with Crippen LogP contribution in [-0.2, 0) is 32.0 Å². The van der Waals surface area contributed by atoms with Gasteiger partial charge in [0.1, 0.15) is 24.2 Å². The molecule has 1 aromatic carbocycles. The van der Waals surface area contributed by atoms with Gasteiger partial charge in [0.25, 0.3) is 0 Å². The number of hydrogen-bond donors (Lipinski definition) is 2. The fraction of sp³-hybridized carbons (Fsp3) is 0.676. The van der Waals surface area contributed by atoms with E-state index in [0.29, 0.717) is 55.0 Å². The molecule has 3 saturated carbocycles. The maximum Gasteiger partial charge on any atom is 0.333 e. The zero-order chi connectivity index (χ0) is 32.5. The lowest BCUT2D eigenvalue weighted by molar-refractivity contribution is -0.171. The number of guanidine groups is 1. The lowest BCUT2D eigenvalue weighted by Crippen LogP contribution is -2.51. The van der Waals surface area contributed by atoms with Crippen molar-refractivity contribution in [3.63, 3.8) is 0 Å². The van der Waals surface area contributed by atoms with E-state index in [4.69, 9.17) is 20.9 Å². The first-order chi connectivity index (χ1) is 21.2. The van der Waals surface area contributed by atoms with E-state index in [1.165, 1.54) is 11.1 Å². The third-order valence-electron chi connectivity index (χ3n) is 13.2. The van der Waals surface area contributed by atoms with E-state index in [0.717, 1.165) is 67.2 Å². The number of nitrogens with two attached hydrogens (primary N) is 2. The zero-order valence-corrected chi connectivity index (χ0v) is 28.0. The number of allylic oxidation sites excluding steroid dienone is 2. The quantitative estimate of drug-likeness (QED) is 0.142. The van der Waals surface area contributed by atoms with Crippen LogP contribution in [0.4, 0.5) is 0 Å². The third-order valence-corrected chi connectivity index (χ3v) is 13.2. The van der Waals surface area contributed by atoms with Crippen molar-refractivity contribution < 1.29 is 23.9 Å². The number of ether oxygens (including phenoxy) is 2. The molecule has 45 heavy (non-hydrogen) atoms. The molecule has 5 aliphatic carbocycles. The zero-order valence-electron chi connectivity index (χ0n) is 28.0. The maximum atomic E-state index is 14.1. The lowest BCUT2D eigenvalue weighted by atomic mass is 9.48. The van der Waals surface area contributed by atoms with Gasteiger partial charge < -0.3 is 20.9 Å². The molecule has 0 radical (unpaired) electrons. The number of Topliss-reactive ketones (excluding diaryl/α,β-unsaturated/α-hetero) is 1. The van der Waals surface area contributed by atoms with Crippen molar-refractivity contribution in [2.45, 2.75) is 118 Å². The number of benzene rings is 1. The number of rotatable bonds is 5. The van der Waals surface area contributed by atoms with Crippen LogP contribution in [0.2, 0.25) is 0 Å². The van der Waals surface area contributed by atoms with Crippen LogP contribution >= 0.6 is 0 Å². The molecule has 0 amide bonds. The summed E-state index contributed by atoms with van der Waals surface area (Å²) in [5, 5.41) is 0. The summed E-state index contributed by atoms with van der Waals surface area (Å²) < 4.78 is 12.3. The number of ketones is 1. The number of aliphatic imine (C=N–C) groups is 1. The number of fused-ring (bicyclic) bond motifs is 6. The van der Waals surface area contributed by atoms with Crippen molar-refractivity contribution in [1.82, 2.24) is 0 Å². The standard InChI is InChI=1S/C37H51N3O5/c1-20-21(2)32(45-31(42)19-40-34(38)39)22(3)25-12-14-35(4,18-27(20)25)33(43)44-30-10-9-28-26-8-7-23-17-24(41)11-15-36(23,5)29(26)13-16-37(28,30)6/h7,26,28-30H,8-19H2,1-6H3,(H4,38,39,40). The Balaban J connectivity index is 1.17. The Hall–Kier alpha value is -3.16. The molecular formula is C37H51N3O5. The number of esters is 2. The summed E-state index contributed by atoms with van der Waals surface area (Å²) in [5.41, 5.74) is 16.9. The highest BCUT2D eigenvalue weighted by atomic mass is 16.5. The molecule has 6 rings (SSSR count). The summed E-state index contributed by atoms with van der Waals surface area (Å²) in [6.45, 7) is 12.6. The Bertz CT molecular complexity index is 1510. The van der Waals surface area contributed by atoms with E-state index in [9.17, 15) is 14.4 Å². The molecule has 7 atom stereocenters. The van der Waals surface area contributed by atoms with Gasteiger partial charge in [-0.1, -0.05) is 25.5 Å². The van der Waals surface area contributed by atoms with Gasteiger partial charge >= 0.3 is 11.9 Å². The van der Waals surface area contributed by atoms with Crippen LogP contribution in [0.3, 0.4) is 0 Å². The first-order valence-electron chi connectivity index (χ1n) is 17.0. The van der Waals surface area contributed by atoms with E-state index in [1.54, 1.807) is 0 Å². The van der Waals surface area contributed by atoms with Crippen molar-refractivity contribution in [2.75, 3.05) is 6.54 Å². The molecule has 4 N–H and O–H groups in total. The number of hydrogen-bond acceptors (Lipinski definition) is 6. The smallest absolute Gasteiger partial charge is 0.333 e. The first kappa shape index (κ1) is 31.8. The van der Waals surface area contributed by atoms with Crippen molar-refractivity contribution >= 4 is 23.7 Å². The highest BCUT2D eigenvalue weighted by Gasteiger charge is 2.60. The molecule has 8 nitrogen and oxygen atoms in total. The monoisotopic (exact) mass is 617 g/mol. The fourth-order valence-corrected chi connectivity index (χ4v) is 10.2. The molecule has 1 aromatic rings. The summed E-state index contributed by atoms with van der Waals surface area (Å²) >= 11 is 0. The lowest BCUT2D eigenvalue weighted by Gasteiger charge is -2.57. The molecular weight excluding hydrogens is 566 g/mol. The normalized spacial score (nSPS) is 35.2. The van der Waals surface area contributed by atoms with Gasteiger partial charge in [-0.05, 0) is 136 Å². The van der Waals surface area contributed by atoms with Crippen molar-refractivity contribution in [1.29, 1.82) is 0 Å².